The summed E-state index contributed by atoms with van der Waals surface area (Å²) in [5.74, 6) is -0.371. The number of furan rings is 1. The lowest BCUT2D eigenvalue weighted by molar-refractivity contribution is 0.0662. The molecule has 4 heteroatoms. The third-order valence-corrected chi connectivity index (χ3v) is 3.25. The van der Waals surface area contributed by atoms with Gasteiger partial charge in [-0.25, -0.2) is 4.79 Å². The highest BCUT2D eigenvalue weighted by Crippen LogP contribution is 2.37. The van der Waals surface area contributed by atoms with Gasteiger partial charge in [0.15, 0.2) is 11.3 Å². The highest BCUT2D eigenvalue weighted by molar-refractivity contribution is 5.97. The molecule has 0 bridgehead atoms. The maximum Gasteiger partial charge on any atom is 0.372 e. The minimum Gasteiger partial charge on any atom is -0.493 e. The fraction of sp³-hybridized carbons (Fsp3) is 0.400. The normalized spacial score (nSPS) is 11.2. The summed E-state index contributed by atoms with van der Waals surface area (Å²) in [4.78, 5) is 11.3. The van der Waals surface area contributed by atoms with Crippen molar-refractivity contribution >= 4 is 16.9 Å². The molecule has 2 aromatic rings. The Labute approximate surface area is 112 Å². The van der Waals surface area contributed by atoms with Crippen LogP contribution in [-0.4, -0.2) is 18.2 Å². The molecule has 0 fully saturated rings. The van der Waals surface area contributed by atoms with Crippen molar-refractivity contribution in [3.8, 4) is 5.75 Å². The number of methoxy groups -OCH3 is 1. The average Bonchev–Trinajstić information content (AvgIpc) is 2.76. The zero-order valence-corrected chi connectivity index (χ0v) is 11.6. The van der Waals surface area contributed by atoms with Gasteiger partial charge in [-0.2, -0.15) is 0 Å². The summed E-state index contributed by atoms with van der Waals surface area (Å²) >= 11 is 0. The quantitative estimate of drug-likeness (QED) is 0.909. The molecule has 0 atom stereocenters. The number of hydrogen-bond donors (Lipinski definition) is 1. The van der Waals surface area contributed by atoms with Crippen molar-refractivity contribution in [1.82, 2.24) is 0 Å². The molecule has 0 unspecified atom stereocenters. The first-order valence-electron chi connectivity index (χ1n) is 6.36. The summed E-state index contributed by atoms with van der Waals surface area (Å²) in [5, 5.41) is 10.1. The number of fused-ring (bicyclic) bond motifs is 1. The third kappa shape index (κ3) is 2.18. The Bertz CT molecular complexity index is 623. The lowest BCUT2D eigenvalue weighted by Crippen LogP contribution is -2.00. The summed E-state index contributed by atoms with van der Waals surface area (Å²) in [6.45, 7) is 5.97. The Kier molecular flexibility index (Phi) is 3.51. The molecule has 1 heterocycles. The zero-order valence-electron chi connectivity index (χ0n) is 11.6. The van der Waals surface area contributed by atoms with Gasteiger partial charge in [0.05, 0.1) is 7.11 Å². The van der Waals surface area contributed by atoms with E-state index in [0.29, 0.717) is 11.3 Å². The van der Waals surface area contributed by atoms with Gasteiger partial charge in [0.2, 0.25) is 5.76 Å². The topological polar surface area (TPSA) is 59.7 Å². The SMILES string of the molecule is CCc1cc(OC)c2oc(C(=O)O)c(C(C)C)c2c1. The van der Waals surface area contributed by atoms with Gasteiger partial charge in [0.1, 0.15) is 0 Å². The molecule has 0 amide bonds. The Morgan fingerprint density at radius 1 is 1.42 bits per heavy atom. The number of ether oxygens (including phenoxy) is 1. The molecule has 1 aromatic heterocycles. The first-order chi connectivity index (χ1) is 8.99. The minimum absolute atomic E-state index is 0.0107. The highest BCUT2D eigenvalue weighted by Gasteiger charge is 2.24. The Hall–Kier alpha value is -1.97. The van der Waals surface area contributed by atoms with Crippen LogP contribution in [0.4, 0.5) is 0 Å². The number of benzene rings is 1. The van der Waals surface area contributed by atoms with Crippen molar-refractivity contribution in [2.45, 2.75) is 33.1 Å². The zero-order chi connectivity index (χ0) is 14.2. The molecular formula is C15H18O4. The highest BCUT2D eigenvalue weighted by atomic mass is 16.5. The molecule has 4 nitrogen and oxygen atoms in total. The molecule has 0 aliphatic heterocycles. The van der Waals surface area contributed by atoms with Crippen LogP contribution in [0.15, 0.2) is 16.5 Å². The molecular weight excluding hydrogens is 244 g/mol. The van der Waals surface area contributed by atoms with E-state index in [9.17, 15) is 9.90 Å². The maximum atomic E-state index is 11.3. The van der Waals surface area contributed by atoms with Crippen molar-refractivity contribution in [3.05, 3.63) is 29.0 Å². The van der Waals surface area contributed by atoms with Crippen molar-refractivity contribution in [1.29, 1.82) is 0 Å². The predicted molar refractivity (Wildman–Crippen MR) is 73.2 cm³/mol. The largest absolute Gasteiger partial charge is 0.493 e. The van der Waals surface area contributed by atoms with Crippen LogP contribution in [0.2, 0.25) is 0 Å². The number of aromatic carboxylic acids is 1. The lowest BCUT2D eigenvalue weighted by Gasteiger charge is -2.06. The van der Waals surface area contributed by atoms with Gasteiger partial charge < -0.3 is 14.3 Å². The number of aryl methyl sites for hydroxylation is 1. The molecule has 2 rings (SSSR count). The van der Waals surface area contributed by atoms with Gasteiger partial charge in [0.25, 0.3) is 0 Å². The summed E-state index contributed by atoms with van der Waals surface area (Å²) in [5.41, 5.74) is 2.35. The van der Waals surface area contributed by atoms with E-state index in [-0.39, 0.29) is 11.7 Å². The van der Waals surface area contributed by atoms with E-state index < -0.39 is 5.97 Å². The van der Waals surface area contributed by atoms with Crippen LogP contribution in [0.25, 0.3) is 11.0 Å². The Balaban J connectivity index is 2.86. The minimum atomic E-state index is -1.04. The molecule has 0 spiro atoms. The maximum absolute atomic E-state index is 11.3. The molecule has 0 aliphatic rings. The second kappa shape index (κ2) is 4.96. The van der Waals surface area contributed by atoms with E-state index in [0.717, 1.165) is 22.9 Å². The number of carboxylic acids is 1. The monoisotopic (exact) mass is 262 g/mol. The van der Waals surface area contributed by atoms with E-state index in [1.165, 1.54) is 0 Å². The first-order valence-corrected chi connectivity index (χ1v) is 6.36. The van der Waals surface area contributed by atoms with Gasteiger partial charge in [-0.1, -0.05) is 20.8 Å². The number of rotatable bonds is 4. The van der Waals surface area contributed by atoms with Gasteiger partial charge in [-0.3, -0.25) is 0 Å². The van der Waals surface area contributed by atoms with E-state index in [4.69, 9.17) is 9.15 Å². The molecule has 0 saturated heterocycles. The molecule has 19 heavy (non-hydrogen) atoms. The fourth-order valence-electron chi connectivity index (χ4n) is 2.33. The van der Waals surface area contributed by atoms with Crippen molar-refractivity contribution in [2.75, 3.05) is 7.11 Å². The molecule has 0 radical (unpaired) electrons. The fourth-order valence-corrected chi connectivity index (χ4v) is 2.33. The van der Waals surface area contributed by atoms with Crippen LogP contribution in [-0.2, 0) is 6.42 Å². The Morgan fingerprint density at radius 2 is 2.11 bits per heavy atom. The molecule has 0 aliphatic carbocycles. The predicted octanol–water partition coefficient (Wildman–Crippen LogP) is 3.83. The lowest BCUT2D eigenvalue weighted by atomic mass is 9.97. The van der Waals surface area contributed by atoms with E-state index in [1.807, 2.05) is 32.9 Å². The summed E-state index contributed by atoms with van der Waals surface area (Å²) in [6, 6.07) is 3.88. The molecule has 1 aromatic carbocycles. The Morgan fingerprint density at radius 3 is 2.58 bits per heavy atom. The number of carbonyl (C=O) groups is 1. The van der Waals surface area contributed by atoms with Gasteiger partial charge in [-0.05, 0) is 30.0 Å². The van der Waals surface area contributed by atoms with E-state index in [2.05, 4.69) is 0 Å². The van der Waals surface area contributed by atoms with Crippen molar-refractivity contribution in [3.63, 3.8) is 0 Å². The number of carboxylic acid groups (broad SMARTS) is 1. The average molecular weight is 262 g/mol. The van der Waals surface area contributed by atoms with Crippen LogP contribution in [0.1, 0.15) is 48.4 Å². The smallest absolute Gasteiger partial charge is 0.372 e. The van der Waals surface area contributed by atoms with Crippen LogP contribution in [0.3, 0.4) is 0 Å². The van der Waals surface area contributed by atoms with Crippen LogP contribution >= 0.6 is 0 Å². The van der Waals surface area contributed by atoms with Gasteiger partial charge >= 0.3 is 5.97 Å². The summed E-state index contributed by atoms with van der Waals surface area (Å²) in [6.07, 6.45) is 0.859. The van der Waals surface area contributed by atoms with Crippen molar-refractivity contribution < 1.29 is 19.1 Å². The molecule has 102 valence electrons. The van der Waals surface area contributed by atoms with Gasteiger partial charge in [0, 0.05) is 10.9 Å². The third-order valence-electron chi connectivity index (χ3n) is 3.25. The molecule has 1 N–H and O–H groups in total. The van der Waals surface area contributed by atoms with Crippen LogP contribution in [0.5, 0.6) is 5.75 Å². The van der Waals surface area contributed by atoms with Crippen LogP contribution in [0, 0.1) is 0 Å². The second-order valence-corrected chi connectivity index (χ2v) is 4.83. The van der Waals surface area contributed by atoms with Gasteiger partial charge in [-0.15, -0.1) is 0 Å². The van der Waals surface area contributed by atoms with E-state index in [1.54, 1.807) is 7.11 Å². The first kappa shape index (κ1) is 13.5. The summed E-state index contributed by atoms with van der Waals surface area (Å²) in [7, 11) is 1.56. The second-order valence-electron chi connectivity index (χ2n) is 4.83. The van der Waals surface area contributed by atoms with E-state index >= 15 is 0 Å². The van der Waals surface area contributed by atoms with Crippen molar-refractivity contribution in [2.24, 2.45) is 0 Å². The summed E-state index contributed by atoms with van der Waals surface area (Å²) < 4.78 is 10.8. The molecule has 0 saturated carbocycles. The standard InChI is InChI=1S/C15H18O4/c1-5-9-6-10-12(8(2)3)14(15(16)17)19-13(10)11(7-9)18-4/h6-8H,5H2,1-4H3,(H,16,17). The number of hydrogen-bond acceptors (Lipinski definition) is 3. The van der Waals surface area contributed by atoms with Crippen LogP contribution < -0.4 is 4.74 Å².